The smallest absolute Gasteiger partial charge is 0.251 e. The van der Waals surface area contributed by atoms with Crippen LogP contribution in [0.3, 0.4) is 0 Å². The highest BCUT2D eigenvalue weighted by atomic mass is 32.1. The average molecular weight is 415 g/mol. The van der Waals surface area contributed by atoms with E-state index in [1.807, 2.05) is 18.2 Å². The van der Waals surface area contributed by atoms with Crippen LogP contribution in [-0.4, -0.2) is 55.1 Å². The number of rotatable bonds is 6. The summed E-state index contributed by atoms with van der Waals surface area (Å²) in [6.45, 7) is 11.1. The van der Waals surface area contributed by atoms with E-state index in [0.29, 0.717) is 0 Å². The molecule has 158 valence electrons. The number of aromatic nitrogens is 1. The first-order valence-electron chi connectivity index (χ1n) is 11.2. The van der Waals surface area contributed by atoms with Gasteiger partial charge in [-0.3, -0.25) is 4.79 Å². The largest absolute Gasteiger partial charge is 0.352 e. The van der Waals surface area contributed by atoms with Crippen molar-refractivity contribution in [3.05, 3.63) is 23.8 Å². The number of anilines is 1. The summed E-state index contributed by atoms with van der Waals surface area (Å²) in [4.78, 5) is 22.3. The van der Waals surface area contributed by atoms with Crippen molar-refractivity contribution in [3.63, 3.8) is 0 Å². The third-order valence-electron chi connectivity index (χ3n) is 6.15. The lowest BCUT2D eigenvalue weighted by atomic mass is 9.92. The van der Waals surface area contributed by atoms with Crippen molar-refractivity contribution in [1.82, 2.24) is 15.2 Å². The van der Waals surface area contributed by atoms with E-state index in [-0.39, 0.29) is 5.91 Å². The van der Waals surface area contributed by atoms with Gasteiger partial charge in [0.25, 0.3) is 5.91 Å². The topological polar surface area (TPSA) is 48.5 Å². The van der Waals surface area contributed by atoms with Crippen LogP contribution >= 0.6 is 11.3 Å². The molecule has 0 saturated carbocycles. The highest BCUT2D eigenvalue weighted by Gasteiger charge is 2.21. The Bertz CT molecular complexity index is 819. The van der Waals surface area contributed by atoms with E-state index in [4.69, 9.17) is 4.98 Å². The maximum absolute atomic E-state index is 12.6. The number of nitrogens with one attached hydrogen (secondary N) is 1. The molecule has 0 spiro atoms. The Morgan fingerprint density at radius 1 is 1.17 bits per heavy atom. The van der Waals surface area contributed by atoms with Crippen LogP contribution in [0.2, 0.25) is 0 Å². The van der Waals surface area contributed by atoms with Crippen molar-refractivity contribution in [1.29, 1.82) is 0 Å². The number of amides is 1. The molecule has 1 aromatic carbocycles. The lowest BCUT2D eigenvalue weighted by Crippen LogP contribution is -2.40. The lowest BCUT2D eigenvalue weighted by molar-refractivity contribution is 0.0947. The number of hydrogen-bond acceptors (Lipinski definition) is 5. The highest BCUT2D eigenvalue weighted by molar-refractivity contribution is 7.22. The molecule has 2 aromatic rings. The molecule has 2 aliphatic heterocycles. The molecule has 2 saturated heterocycles. The Labute approximate surface area is 178 Å². The maximum atomic E-state index is 12.6. The van der Waals surface area contributed by atoms with Crippen molar-refractivity contribution in [2.75, 3.05) is 44.2 Å². The van der Waals surface area contributed by atoms with Gasteiger partial charge in [0.1, 0.15) is 0 Å². The Morgan fingerprint density at radius 3 is 2.69 bits per heavy atom. The Kier molecular flexibility index (Phi) is 6.70. The van der Waals surface area contributed by atoms with Gasteiger partial charge in [0.15, 0.2) is 5.13 Å². The number of benzene rings is 1. The Hall–Kier alpha value is -1.66. The maximum Gasteiger partial charge on any atom is 0.251 e. The van der Waals surface area contributed by atoms with Gasteiger partial charge in [0.05, 0.1) is 10.2 Å². The average Bonchev–Trinajstić information content (AvgIpc) is 3.14. The minimum atomic E-state index is 0.0280. The fourth-order valence-electron chi connectivity index (χ4n) is 4.86. The highest BCUT2D eigenvalue weighted by Crippen LogP contribution is 2.31. The van der Waals surface area contributed by atoms with E-state index in [2.05, 4.69) is 29.0 Å². The molecule has 0 aliphatic carbocycles. The van der Waals surface area contributed by atoms with Gasteiger partial charge in [-0.2, -0.15) is 0 Å². The summed E-state index contributed by atoms with van der Waals surface area (Å²) in [7, 11) is 0. The van der Waals surface area contributed by atoms with Crippen LogP contribution in [0.1, 0.15) is 56.3 Å². The molecular formula is C23H34N4OS. The first-order chi connectivity index (χ1) is 14.1. The number of piperidine rings is 2. The third-order valence-corrected chi connectivity index (χ3v) is 7.23. The van der Waals surface area contributed by atoms with E-state index in [1.54, 1.807) is 11.3 Å². The number of carbonyl (C=O) groups is 1. The zero-order valence-corrected chi connectivity index (χ0v) is 18.6. The molecule has 4 rings (SSSR count). The van der Waals surface area contributed by atoms with Crippen LogP contribution in [0.15, 0.2) is 18.2 Å². The van der Waals surface area contributed by atoms with Crippen LogP contribution in [0.5, 0.6) is 0 Å². The van der Waals surface area contributed by atoms with Crippen molar-refractivity contribution < 1.29 is 4.79 Å². The molecule has 0 radical (unpaired) electrons. The van der Waals surface area contributed by atoms with Crippen molar-refractivity contribution in [2.24, 2.45) is 11.8 Å². The fraction of sp³-hybridized carbons (Fsp3) is 0.652. The molecular weight excluding hydrogens is 380 g/mol. The SMILES string of the molecule is C[C@H]1C[C@H](C)CN(CCCNC(=O)c2ccc3nc(N4CCCCC4)sc3c2)C1. The molecule has 1 amide bonds. The van der Waals surface area contributed by atoms with Crippen LogP contribution < -0.4 is 10.2 Å². The van der Waals surface area contributed by atoms with Crippen LogP contribution in [0.4, 0.5) is 5.13 Å². The summed E-state index contributed by atoms with van der Waals surface area (Å²) in [5, 5.41) is 4.20. The zero-order valence-electron chi connectivity index (χ0n) is 17.8. The number of hydrogen-bond donors (Lipinski definition) is 1. The second kappa shape index (κ2) is 9.43. The summed E-state index contributed by atoms with van der Waals surface area (Å²) in [5.74, 6) is 1.60. The van der Waals surface area contributed by atoms with Crippen LogP contribution in [0, 0.1) is 11.8 Å². The number of carbonyl (C=O) groups excluding carboxylic acids is 1. The van der Waals surface area contributed by atoms with Gasteiger partial charge in [0, 0.05) is 38.3 Å². The molecule has 2 atom stereocenters. The van der Waals surface area contributed by atoms with Crippen molar-refractivity contribution >= 4 is 32.6 Å². The Morgan fingerprint density at radius 2 is 1.93 bits per heavy atom. The van der Waals surface area contributed by atoms with Gasteiger partial charge >= 0.3 is 0 Å². The molecule has 0 unspecified atom stereocenters. The van der Waals surface area contributed by atoms with Gasteiger partial charge in [-0.1, -0.05) is 25.2 Å². The normalized spacial score (nSPS) is 23.4. The molecule has 2 aliphatic rings. The first-order valence-corrected chi connectivity index (χ1v) is 12.1. The van der Waals surface area contributed by atoms with E-state index in [0.717, 1.165) is 65.3 Å². The predicted molar refractivity (Wildman–Crippen MR) is 122 cm³/mol. The number of nitrogens with zero attached hydrogens (tertiary/aromatic N) is 3. The van der Waals surface area contributed by atoms with Gasteiger partial charge < -0.3 is 15.1 Å². The molecule has 2 fully saturated rings. The van der Waals surface area contributed by atoms with Gasteiger partial charge in [-0.25, -0.2) is 4.98 Å². The van der Waals surface area contributed by atoms with Crippen molar-refractivity contribution in [3.8, 4) is 0 Å². The number of thiazole rings is 1. The molecule has 29 heavy (non-hydrogen) atoms. The van der Waals surface area contributed by atoms with E-state index >= 15 is 0 Å². The third kappa shape index (κ3) is 5.28. The molecule has 5 nitrogen and oxygen atoms in total. The lowest BCUT2D eigenvalue weighted by Gasteiger charge is -2.34. The number of fused-ring (bicyclic) bond motifs is 1. The molecule has 6 heteroatoms. The number of likely N-dealkylation sites (tertiary alicyclic amines) is 1. The first kappa shape index (κ1) is 20.6. The predicted octanol–water partition coefficient (Wildman–Crippen LogP) is 4.38. The Balaban J connectivity index is 1.29. The minimum Gasteiger partial charge on any atom is -0.352 e. The quantitative estimate of drug-likeness (QED) is 0.713. The summed E-state index contributed by atoms with van der Waals surface area (Å²) in [6.07, 6.45) is 6.17. The fourth-order valence-corrected chi connectivity index (χ4v) is 5.91. The van der Waals surface area contributed by atoms with E-state index < -0.39 is 0 Å². The second-order valence-electron chi connectivity index (χ2n) is 9.04. The van der Waals surface area contributed by atoms with Gasteiger partial charge in [-0.15, -0.1) is 0 Å². The van der Waals surface area contributed by atoms with Crippen molar-refractivity contribution in [2.45, 2.75) is 46.0 Å². The van der Waals surface area contributed by atoms with Gasteiger partial charge in [-0.05, 0) is 68.7 Å². The monoisotopic (exact) mass is 414 g/mol. The van der Waals surface area contributed by atoms with Gasteiger partial charge in [0.2, 0.25) is 0 Å². The molecule has 1 N–H and O–H groups in total. The standard InChI is InChI=1S/C23H34N4OS/c1-17-13-18(2)16-26(15-17)10-6-9-24-22(28)19-7-8-20-21(14-19)29-23(25-20)27-11-4-3-5-12-27/h7-8,14,17-18H,3-6,9-13,15-16H2,1-2H3,(H,24,28)/t17-,18-/m0/s1. The zero-order chi connectivity index (χ0) is 20.2. The minimum absolute atomic E-state index is 0.0280. The summed E-state index contributed by atoms with van der Waals surface area (Å²) in [6, 6.07) is 5.90. The van der Waals surface area contributed by atoms with Crippen LogP contribution in [-0.2, 0) is 0 Å². The summed E-state index contributed by atoms with van der Waals surface area (Å²) in [5.41, 5.74) is 1.74. The summed E-state index contributed by atoms with van der Waals surface area (Å²) >= 11 is 1.71. The van der Waals surface area contributed by atoms with Crippen LogP contribution in [0.25, 0.3) is 10.2 Å². The van der Waals surface area contributed by atoms with E-state index in [1.165, 1.54) is 38.8 Å². The molecule has 3 heterocycles. The second-order valence-corrected chi connectivity index (χ2v) is 10.1. The summed E-state index contributed by atoms with van der Waals surface area (Å²) < 4.78 is 1.11. The van der Waals surface area contributed by atoms with E-state index in [9.17, 15) is 4.79 Å². The molecule has 0 bridgehead atoms. The molecule has 1 aromatic heterocycles.